The van der Waals surface area contributed by atoms with E-state index in [1.807, 2.05) is 13.0 Å². The molecular weight excluding hydrogens is 218 g/mol. The Labute approximate surface area is 101 Å². The van der Waals surface area contributed by atoms with Crippen LogP contribution in [-0.2, 0) is 9.59 Å². The van der Waals surface area contributed by atoms with Crippen LogP contribution in [0.5, 0.6) is 0 Å². The quantitative estimate of drug-likeness (QED) is 0.736. The van der Waals surface area contributed by atoms with Gasteiger partial charge in [-0.3, -0.25) is 4.79 Å². The SMILES string of the molecule is CCCCN(C=O)C(C(=O)O)c1ccccc1. The second-order valence-electron chi connectivity index (χ2n) is 3.85. The van der Waals surface area contributed by atoms with E-state index in [0.717, 1.165) is 12.8 Å². The van der Waals surface area contributed by atoms with Crippen molar-refractivity contribution in [2.45, 2.75) is 25.8 Å². The number of nitrogens with zero attached hydrogens (tertiary/aromatic N) is 1. The summed E-state index contributed by atoms with van der Waals surface area (Å²) in [5, 5.41) is 9.23. The van der Waals surface area contributed by atoms with Crippen LogP contribution in [0, 0.1) is 0 Å². The van der Waals surface area contributed by atoms with Crippen LogP contribution in [0.3, 0.4) is 0 Å². The monoisotopic (exact) mass is 235 g/mol. The molecular formula is C13H17NO3. The summed E-state index contributed by atoms with van der Waals surface area (Å²) >= 11 is 0. The average molecular weight is 235 g/mol. The number of carbonyl (C=O) groups is 2. The largest absolute Gasteiger partial charge is 0.479 e. The van der Waals surface area contributed by atoms with Crippen LogP contribution in [0.15, 0.2) is 30.3 Å². The topological polar surface area (TPSA) is 57.6 Å². The van der Waals surface area contributed by atoms with Gasteiger partial charge >= 0.3 is 5.97 Å². The lowest BCUT2D eigenvalue weighted by atomic mass is 10.1. The van der Waals surface area contributed by atoms with Gasteiger partial charge in [0.15, 0.2) is 6.04 Å². The summed E-state index contributed by atoms with van der Waals surface area (Å²) < 4.78 is 0. The van der Waals surface area contributed by atoms with Crippen LogP contribution < -0.4 is 0 Å². The van der Waals surface area contributed by atoms with Crippen LogP contribution >= 0.6 is 0 Å². The number of benzene rings is 1. The van der Waals surface area contributed by atoms with Crippen LogP contribution in [0.25, 0.3) is 0 Å². The van der Waals surface area contributed by atoms with Crippen molar-refractivity contribution in [1.82, 2.24) is 4.90 Å². The molecule has 1 aromatic carbocycles. The Balaban J connectivity index is 2.91. The molecule has 0 radical (unpaired) electrons. The molecule has 0 heterocycles. The van der Waals surface area contributed by atoms with E-state index in [9.17, 15) is 14.7 Å². The van der Waals surface area contributed by atoms with E-state index in [-0.39, 0.29) is 0 Å². The number of rotatable bonds is 7. The number of carbonyl (C=O) groups excluding carboxylic acids is 1. The first kappa shape index (κ1) is 13.2. The first-order chi connectivity index (χ1) is 8.20. The van der Waals surface area contributed by atoms with Crippen molar-refractivity contribution in [2.75, 3.05) is 6.54 Å². The number of unbranched alkanes of at least 4 members (excludes halogenated alkanes) is 1. The second-order valence-corrected chi connectivity index (χ2v) is 3.85. The lowest BCUT2D eigenvalue weighted by Gasteiger charge is -2.25. The second kappa shape index (κ2) is 6.68. The van der Waals surface area contributed by atoms with Crippen molar-refractivity contribution < 1.29 is 14.7 Å². The smallest absolute Gasteiger partial charge is 0.331 e. The van der Waals surface area contributed by atoms with Crippen LogP contribution in [-0.4, -0.2) is 28.9 Å². The van der Waals surface area contributed by atoms with Gasteiger partial charge in [-0.2, -0.15) is 0 Å². The summed E-state index contributed by atoms with van der Waals surface area (Å²) in [7, 11) is 0. The fourth-order valence-electron chi connectivity index (χ4n) is 1.69. The molecule has 92 valence electrons. The highest BCUT2D eigenvalue weighted by Crippen LogP contribution is 2.20. The number of hydrogen-bond acceptors (Lipinski definition) is 2. The van der Waals surface area contributed by atoms with Gasteiger partial charge in [-0.15, -0.1) is 0 Å². The van der Waals surface area contributed by atoms with Gasteiger partial charge < -0.3 is 10.0 Å². The van der Waals surface area contributed by atoms with Crippen molar-refractivity contribution in [3.05, 3.63) is 35.9 Å². The Kier molecular flexibility index (Phi) is 5.20. The highest BCUT2D eigenvalue weighted by atomic mass is 16.4. The normalized spacial score (nSPS) is 11.8. The molecule has 17 heavy (non-hydrogen) atoms. The summed E-state index contributed by atoms with van der Waals surface area (Å²) in [5.74, 6) is -1.00. The maximum atomic E-state index is 11.3. The highest BCUT2D eigenvalue weighted by Gasteiger charge is 2.25. The third-order valence-corrected chi connectivity index (χ3v) is 2.59. The molecule has 4 heteroatoms. The molecule has 1 rings (SSSR count). The molecule has 0 fully saturated rings. The van der Waals surface area contributed by atoms with Gasteiger partial charge in [-0.25, -0.2) is 4.79 Å². The van der Waals surface area contributed by atoms with Gasteiger partial charge in [0, 0.05) is 6.54 Å². The Hall–Kier alpha value is -1.84. The molecule has 0 saturated heterocycles. The average Bonchev–Trinajstić information content (AvgIpc) is 2.35. The lowest BCUT2D eigenvalue weighted by Crippen LogP contribution is -2.33. The van der Waals surface area contributed by atoms with E-state index in [4.69, 9.17) is 0 Å². The van der Waals surface area contributed by atoms with Crippen molar-refractivity contribution in [3.63, 3.8) is 0 Å². The molecule has 1 aromatic rings. The zero-order chi connectivity index (χ0) is 12.7. The maximum Gasteiger partial charge on any atom is 0.331 e. The summed E-state index contributed by atoms with van der Waals surface area (Å²) in [6.07, 6.45) is 2.34. The van der Waals surface area contributed by atoms with Gasteiger partial charge in [0.2, 0.25) is 6.41 Å². The molecule has 0 bridgehead atoms. The zero-order valence-corrected chi connectivity index (χ0v) is 9.87. The Morgan fingerprint density at radius 2 is 2.06 bits per heavy atom. The summed E-state index contributed by atoms with van der Waals surface area (Å²) in [6.45, 7) is 2.47. The standard InChI is InChI=1S/C13H17NO3/c1-2-3-9-14(10-15)12(13(16)17)11-7-5-4-6-8-11/h4-8,10,12H,2-3,9H2,1H3,(H,16,17). The molecule has 1 N–H and O–H groups in total. The fraction of sp³-hybridized carbons (Fsp3) is 0.385. The molecule has 0 aliphatic heterocycles. The summed E-state index contributed by atoms with van der Waals surface area (Å²) in [4.78, 5) is 23.6. The highest BCUT2D eigenvalue weighted by molar-refractivity contribution is 5.78. The number of amides is 1. The molecule has 0 aliphatic rings. The van der Waals surface area contributed by atoms with E-state index in [2.05, 4.69) is 0 Å². The van der Waals surface area contributed by atoms with E-state index in [1.54, 1.807) is 24.3 Å². The van der Waals surface area contributed by atoms with Gasteiger partial charge in [-0.05, 0) is 12.0 Å². The minimum atomic E-state index is -1.00. The van der Waals surface area contributed by atoms with Crippen LogP contribution in [0.1, 0.15) is 31.4 Å². The van der Waals surface area contributed by atoms with E-state index >= 15 is 0 Å². The van der Waals surface area contributed by atoms with Crippen molar-refractivity contribution in [1.29, 1.82) is 0 Å². The predicted octanol–water partition coefficient (Wildman–Crippen LogP) is 2.07. The van der Waals surface area contributed by atoms with Crippen LogP contribution in [0.2, 0.25) is 0 Å². The summed E-state index contributed by atoms with van der Waals surface area (Å²) in [6, 6.07) is 7.92. The molecule has 1 unspecified atom stereocenters. The molecule has 1 amide bonds. The zero-order valence-electron chi connectivity index (χ0n) is 9.87. The minimum absolute atomic E-state index is 0.464. The van der Waals surface area contributed by atoms with E-state index in [0.29, 0.717) is 18.5 Å². The van der Waals surface area contributed by atoms with Gasteiger partial charge in [0.25, 0.3) is 0 Å². The molecule has 0 aromatic heterocycles. The summed E-state index contributed by atoms with van der Waals surface area (Å²) in [5.41, 5.74) is 0.628. The van der Waals surface area contributed by atoms with E-state index in [1.165, 1.54) is 4.90 Å². The molecule has 1 atom stereocenters. The number of hydrogen-bond donors (Lipinski definition) is 1. The molecule has 0 spiro atoms. The first-order valence-electron chi connectivity index (χ1n) is 5.69. The minimum Gasteiger partial charge on any atom is -0.479 e. The Morgan fingerprint density at radius 1 is 1.41 bits per heavy atom. The van der Waals surface area contributed by atoms with Crippen molar-refractivity contribution >= 4 is 12.4 Å². The Bertz CT molecular complexity index is 364. The number of carboxylic acids is 1. The lowest BCUT2D eigenvalue weighted by molar-refractivity contribution is -0.146. The molecule has 0 saturated carbocycles. The van der Waals surface area contributed by atoms with Gasteiger partial charge in [-0.1, -0.05) is 43.7 Å². The number of aliphatic carboxylic acids is 1. The predicted molar refractivity (Wildman–Crippen MR) is 64.5 cm³/mol. The maximum absolute atomic E-state index is 11.3. The van der Waals surface area contributed by atoms with Gasteiger partial charge in [0.05, 0.1) is 0 Å². The first-order valence-corrected chi connectivity index (χ1v) is 5.69. The van der Waals surface area contributed by atoms with Crippen molar-refractivity contribution in [3.8, 4) is 0 Å². The molecule has 4 nitrogen and oxygen atoms in total. The fourth-order valence-corrected chi connectivity index (χ4v) is 1.69. The molecule has 0 aliphatic carbocycles. The third-order valence-electron chi connectivity index (χ3n) is 2.59. The third kappa shape index (κ3) is 3.59. The van der Waals surface area contributed by atoms with E-state index < -0.39 is 12.0 Å². The number of carboxylic acid groups (broad SMARTS) is 1. The van der Waals surface area contributed by atoms with Crippen molar-refractivity contribution in [2.24, 2.45) is 0 Å². The Morgan fingerprint density at radius 3 is 2.53 bits per heavy atom. The van der Waals surface area contributed by atoms with Gasteiger partial charge in [0.1, 0.15) is 0 Å². The van der Waals surface area contributed by atoms with Crippen LogP contribution in [0.4, 0.5) is 0 Å².